The molecule has 0 radical (unpaired) electrons. The molecule has 1 N–H and O–H groups in total. The van der Waals surface area contributed by atoms with Gasteiger partial charge in [0.25, 0.3) is 0 Å². The van der Waals surface area contributed by atoms with E-state index in [1.165, 1.54) is 6.07 Å². The standard InChI is InChI=1S/C10H8BrF3O3/c11-4-5-1-6(3-8(15)16)9(12)7(2-5)17-10(13)14/h1-2,10H,3-4H2,(H,15,16). The normalized spacial score (nSPS) is 10.6. The highest BCUT2D eigenvalue weighted by molar-refractivity contribution is 9.08. The molecule has 0 bridgehead atoms. The third kappa shape index (κ3) is 3.92. The number of hydrogen-bond acceptors (Lipinski definition) is 2. The molecule has 17 heavy (non-hydrogen) atoms. The molecule has 94 valence electrons. The van der Waals surface area contributed by atoms with Crippen LogP contribution >= 0.6 is 15.9 Å². The highest BCUT2D eigenvalue weighted by Crippen LogP contribution is 2.26. The first-order valence-electron chi connectivity index (χ1n) is 4.48. The van der Waals surface area contributed by atoms with Gasteiger partial charge in [0.05, 0.1) is 6.42 Å². The lowest BCUT2D eigenvalue weighted by molar-refractivity contribution is -0.136. The van der Waals surface area contributed by atoms with Crippen molar-refractivity contribution in [2.45, 2.75) is 18.4 Å². The Morgan fingerprint density at radius 1 is 1.47 bits per heavy atom. The van der Waals surface area contributed by atoms with E-state index in [1.807, 2.05) is 0 Å². The van der Waals surface area contributed by atoms with E-state index in [-0.39, 0.29) is 10.9 Å². The van der Waals surface area contributed by atoms with Gasteiger partial charge in [-0.2, -0.15) is 8.78 Å². The Kier molecular flexibility index (Phi) is 4.80. The van der Waals surface area contributed by atoms with Crippen LogP contribution in [-0.4, -0.2) is 17.7 Å². The minimum atomic E-state index is -3.16. The smallest absolute Gasteiger partial charge is 0.387 e. The van der Waals surface area contributed by atoms with Crippen molar-refractivity contribution in [1.29, 1.82) is 0 Å². The summed E-state index contributed by atoms with van der Waals surface area (Å²) in [6, 6.07) is 2.39. The molecule has 0 unspecified atom stereocenters. The van der Waals surface area contributed by atoms with Crippen LogP contribution in [-0.2, 0) is 16.5 Å². The van der Waals surface area contributed by atoms with Gasteiger partial charge in [0.2, 0.25) is 0 Å². The molecule has 0 amide bonds. The lowest BCUT2D eigenvalue weighted by Crippen LogP contribution is -2.08. The van der Waals surface area contributed by atoms with Crippen LogP contribution in [0.15, 0.2) is 12.1 Å². The van der Waals surface area contributed by atoms with Gasteiger partial charge in [-0.25, -0.2) is 4.39 Å². The van der Waals surface area contributed by atoms with Crippen LogP contribution < -0.4 is 4.74 Å². The third-order valence-corrected chi connectivity index (χ3v) is 2.53. The van der Waals surface area contributed by atoms with E-state index >= 15 is 0 Å². The molecule has 0 saturated carbocycles. The zero-order chi connectivity index (χ0) is 13.0. The summed E-state index contributed by atoms with van der Waals surface area (Å²) in [5.41, 5.74) is 0.267. The predicted molar refractivity (Wildman–Crippen MR) is 57.0 cm³/mol. The molecule has 1 rings (SSSR count). The van der Waals surface area contributed by atoms with Gasteiger partial charge < -0.3 is 9.84 Å². The van der Waals surface area contributed by atoms with Crippen molar-refractivity contribution in [3.63, 3.8) is 0 Å². The molecular formula is C10H8BrF3O3. The number of alkyl halides is 3. The Labute approximate surface area is 103 Å². The molecule has 7 heteroatoms. The van der Waals surface area contributed by atoms with Gasteiger partial charge in [0.15, 0.2) is 11.6 Å². The molecular weight excluding hydrogens is 305 g/mol. The summed E-state index contributed by atoms with van der Waals surface area (Å²) in [6.07, 6.45) is -0.591. The second-order valence-corrected chi connectivity index (χ2v) is 3.71. The van der Waals surface area contributed by atoms with Crippen LogP contribution in [0.2, 0.25) is 0 Å². The molecule has 0 atom stereocenters. The van der Waals surface area contributed by atoms with E-state index in [4.69, 9.17) is 5.11 Å². The van der Waals surface area contributed by atoms with Crippen molar-refractivity contribution in [1.82, 2.24) is 0 Å². The van der Waals surface area contributed by atoms with Gasteiger partial charge in [-0.15, -0.1) is 0 Å². The van der Waals surface area contributed by atoms with Gasteiger partial charge >= 0.3 is 12.6 Å². The summed E-state index contributed by atoms with van der Waals surface area (Å²) >= 11 is 3.07. The van der Waals surface area contributed by atoms with Crippen LogP contribution in [0.1, 0.15) is 11.1 Å². The molecule has 0 heterocycles. The van der Waals surface area contributed by atoms with Crippen LogP contribution in [0.25, 0.3) is 0 Å². The number of carboxylic acids is 1. The van der Waals surface area contributed by atoms with Crippen molar-refractivity contribution >= 4 is 21.9 Å². The second kappa shape index (κ2) is 5.90. The van der Waals surface area contributed by atoms with Crippen molar-refractivity contribution in [3.8, 4) is 5.75 Å². The predicted octanol–water partition coefficient (Wildman–Crippen LogP) is 2.95. The fourth-order valence-corrected chi connectivity index (χ4v) is 1.59. The Hall–Kier alpha value is -1.24. The zero-order valence-corrected chi connectivity index (χ0v) is 10.0. The van der Waals surface area contributed by atoms with Crippen molar-refractivity contribution in [3.05, 3.63) is 29.1 Å². The van der Waals surface area contributed by atoms with Gasteiger partial charge in [-0.1, -0.05) is 22.0 Å². The Morgan fingerprint density at radius 2 is 2.12 bits per heavy atom. The number of carbonyl (C=O) groups is 1. The summed E-state index contributed by atoms with van der Waals surface area (Å²) in [5.74, 6) is -2.97. The summed E-state index contributed by atoms with van der Waals surface area (Å²) in [5, 5.41) is 8.84. The first-order valence-corrected chi connectivity index (χ1v) is 5.60. The molecule has 0 aliphatic rings. The summed E-state index contributed by atoms with van der Waals surface area (Å²) in [6.45, 7) is -3.16. The van der Waals surface area contributed by atoms with Crippen LogP contribution in [0.4, 0.5) is 13.2 Å². The highest BCUT2D eigenvalue weighted by atomic mass is 79.9. The molecule has 0 saturated heterocycles. The summed E-state index contributed by atoms with van der Waals surface area (Å²) < 4.78 is 41.6. The van der Waals surface area contributed by atoms with Crippen molar-refractivity contribution in [2.24, 2.45) is 0 Å². The number of aliphatic carboxylic acids is 1. The fraction of sp³-hybridized carbons (Fsp3) is 0.300. The quantitative estimate of drug-likeness (QED) is 0.850. The lowest BCUT2D eigenvalue weighted by Gasteiger charge is -2.10. The number of rotatable bonds is 5. The van der Waals surface area contributed by atoms with Crippen LogP contribution in [0, 0.1) is 5.82 Å². The number of benzene rings is 1. The van der Waals surface area contributed by atoms with E-state index in [0.717, 1.165) is 6.07 Å². The first kappa shape index (κ1) is 13.8. The van der Waals surface area contributed by atoms with Gasteiger partial charge in [0.1, 0.15) is 0 Å². The van der Waals surface area contributed by atoms with Gasteiger partial charge in [-0.05, 0) is 11.6 Å². The number of ether oxygens (including phenoxy) is 1. The third-order valence-electron chi connectivity index (χ3n) is 1.89. The topological polar surface area (TPSA) is 46.5 Å². The van der Waals surface area contributed by atoms with Crippen molar-refractivity contribution < 1.29 is 27.8 Å². The Balaban J connectivity index is 3.15. The second-order valence-electron chi connectivity index (χ2n) is 3.15. The molecule has 3 nitrogen and oxygen atoms in total. The molecule has 0 spiro atoms. The average molecular weight is 313 g/mol. The maximum Gasteiger partial charge on any atom is 0.387 e. The van der Waals surface area contributed by atoms with Gasteiger partial charge in [-0.3, -0.25) is 4.79 Å². The highest BCUT2D eigenvalue weighted by Gasteiger charge is 2.17. The largest absolute Gasteiger partial charge is 0.481 e. The molecule has 1 aromatic carbocycles. The monoisotopic (exact) mass is 312 g/mol. The number of halogens is 4. The van der Waals surface area contributed by atoms with Crippen LogP contribution in [0.5, 0.6) is 5.75 Å². The van der Waals surface area contributed by atoms with E-state index in [1.54, 1.807) is 0 Å². The fourth-order valence-electron chi connectivity index (χ4n) is 1.27. The van der Waals surface area contributed by atoms with E-state index in [9.17, 15) is 18.0 Å². The number of hydrogen-bond donors (Lipinski definition) is 1. The number of carboxylic acid groups (broad SMARTS) is 1. The molecule has 0 aromatic heterocycles. The maximum atomic E-state index is 13.6. The molecule has 0 aliphatic heterocycles. The molecule has 0 aliphatic carbocycles. The summed E-state index contributed by atoms with van der Waals surface area (Å²) in [4.78, 5) is 10.5. The minimum absolute atomic E-state index is 0.190. The van der Waals surface area contributed by atoms with Crippen LogP contribution in [0.3, 0.4) is 0 Å². The van der Waals surface area contributed by atoms with E-state index < -0.39 is 30.6 Å². The SMILES string of the molecule is O=C(O)Cc1cc(CBr)cc(OC(F)F)c1F. The zero-order valence-electron chi connectivity index (χ0n) is 8.42. The maximum absolute atomic E-state index is 13.6. The average Bonchev–Trinajstić information content (AvgIpc) is 2.22. The van der Waals surface area contributed by atoms with E-state index in [0.29, 0.717) is 5.56 Å². The summed E-state index contributed by atoms with van der Waals surface area (Å²) in [7, 11) is 0. The first-order chi connectivity index (χ1) is 7.93. The minimum Gasteiger partial charge on any atom is -0.481 e. The Bertz CT molecular complexity index is 424. The molecule has 1 aromatic rings. The molecule has 0 fully saturated rings. The van der Waals surface area contributed by atoms with E-state index in [2.05, 4.69) is 20.7 Å². The Morgan fingerprint density at radius 3 is 2.59 bits per heavy atom. The lowest BCUT2D eigenvalue weighted by atomic mass is 10.1. The van der Waals surface area contributed by atoms with Crippen molar-refractivity contribution in [2.75, 3.05) is 0 Å². The van der Waals surface area contributed by atoms with Gasteiger partial charge in [0, 0.05) is 10.9 Å².